The fourth-order valence-electron chi connectivity index (χ4n) is 0.473. The zero-order valence-electron chi connectivity index (χ0n) is 4.68. The molecule has 0 aromatic carbocycles. The second-order valence-electron chi connectivity index (χ2n) is 1.78. The fraction of sp³-hybridized carbons (Fsp3) is 0.500. The number of alkyl halides is 4. The van der Waals surface area contributed by atoms with Crippen molar-refractivity contribution in [3.8, 4) is 0 Å². The van der Waals surface area contributed by atoms with Crippen LogP contribution in [0.4, 0.5) is 26.3 Å². The predicted octanol–water partition coefficient (Wildman–Crippen LogP) is 3.07. The van der Waals surface area contributed by atoms with E-state index in [4.69, 9.17) is 0 Å². The first-order valence-electron chi connectivity index (χ1n) is 2.29. The largest absolute Gasteiger partial charge is 0.374 e. The highest BCUT2D eigenvalue weighted by Gasteiger charge is 2.67. The van der Waals surface area contributed by atoms with Crippen molar-refractivity contribution in [3.63, 3.8) is 0 Å². The van der Waals surface area contributed by atoms with E-state index in [9.17, 15) is 26.3 Å². The van der Waals surface area contributed by atoms with Crippen molar-refractivity contribution >= 4 is 11.8 Å². The second-order valence-corrected chi connectivity index (χ2v) is 2.86. The highest BCUT2D eigenvalue weighted by atomic mass is 32.2. The topological polar surface area (TPSA) is 0 Å². The summed E-state index contributed by atoms with van der Waals surface area (Å²) >= 11 is -1.11. The van der Waals surface area contributed by atoms with Crippen LogP contribution in [0.1, 0.15) is 0 Å². The highest BCUT2D eigenvalue weighted by Crippen LogP contribution is 2.58. The van der Waals surface area contributed by atoms with Crippen molar-refractivity contribution in [2.45, 2.75) is 11.2 Å². The Bertz CT molecular complexity index is 219. The molecule has 1 aliphatic heterocycles. The Morgan fingerprint density at radius 3 is 1.55 bits per heavy atom. The molecule has 1 rings (SSSR count). The molecule has 0 saturated heterocycles. The van der Waals surface area contributed by atoms with Gasteiger partial charge in [-0.1, -0.05) is 0 Å². The van der Waals surface area contributed by atoms with Gasteiger partial charge in [0.2, 0.25) is 5.83 Å². The third-order valence-corrected chi connectivity index (χ3v) is 1.90. The lowest BCUT2D eigenvalue weighted by molar-refractivity contribution is -0.131. The molecule has 0 fully saturated rings. The van der Waals surface area contributed by atoms with E-state index in [0.29, 0.717) is 0 Å². The lowest BCUT2D eigenvalue weighted by atomic mass is 10.3. The molecule has 0 unspecified atom stereocenters. The molecule has 0 radical (unpaired) electrons. The maximum Gasteiger partial charge on any atom is 0.374 e. The molecule has 0 amide bonds. The average molecular weight is 194 g/mol. The summed E-state index contributed by atoms with van der Waals surface area (Å²) < 4.78 is 71.3. The average Bonchev–Trinajstić information content (AvgIpc) is 1.93. The first-order valence-corrected chi connectivity index (χ1v) is 3.11. The molecule has 0 atom stereocenters. The summed E-state index contributed by atoms with van der Waals surface area (Å²) in [6.45, 7) is 0. The number of halogens is 6. The predicted molar refractivity (Wildman–Crippen MR) is 26.7 cm³/mol. The third-order valence-electron chi connectivity index (χ3n) is 1.03. The molecule has 11 heavy (non-hydrogen) atoms. The Morgan fingerprint density at radius 2 is 1.45 bits per heavy atom. The van der Waals surface area contributed by atoms with Crippen LogP contribution >= 0.6 is 11.8 Å². The Labute approximate surface area is 61.3 Å². The van der Waals surface area contributed by atoms with Crippen LogP contribution in [-0.2, 0) is 0 Å². The van der Waals surface area contributed by atoms with E-state index in [1.165, 1.54) is 0 Å². The van der Waals surface area contributed by atoms with Crippen molar-refractivity contribution in [1.82, 2.24) is 0 Å². The van der Waals surface area contributed by atoms with Gasteiger partial charge in [-0.2, -0.15) is 22.0 Å². The number of hydrogen-bond donors (Lipinski definition) is 0. The molecule has 0 spiro atoms. The molecular formula is C4F6S. The first-order chi connectivity index (χ1) is 4.79. The van der Waals surface area contributed by atoms with Crippen LogP contribution in [0, 0.1) is 0 Å². The van der Waals surface area contributed by atoms with E-state index in [1.807, 2.05) is 0 Å². The van der Waals surface area contributed by atoms with Crippen molar-refractivity contribution < 1.29 is 26.3 Å². The van der Waals surface area contributed by atoms with Crippen molar-refractivity contribution in [2.75, 3.05) is 0 Å². The minimum atomic E-state index is -5.01. The van der Waals surface area contributed by atoms with Crippen LogP contribution in [0.15, 0.2) is 11.0 Å². The van der Waals surface area contributed by atoms with Gasteiger partial charge in [0.1, 0.15) is 0 Å². The van der Waals surface area contributed by atoms with Crippen molar-refractivity contribution in [1.29, 1.82) is 0 Å². The van der Waals surface area contributed by atoms with Crippen LogP contribution in [0.5, 0.6) is 0 Å². The van der Waals surface area contributed by atoms with Gasteiger partial charge in [0.25, 0.3) is 0 Å². The summed E-state index contributed by atoms with van der Waals surface area (Å²) in [5.74, 6) is -7.70. The monoisotopic (exact) mass is 194 g/mol. The van der Waals surface area contributed by atoms with Crippen molar-refractivity contribution in [2.24, 2.45) is 0 Å². The van der Waals surface area contributed by atoms with E-state index in [-0.39, 0.29) is 0 Å². The molecule has 0 saturated carbocycles. The molecule has 0 aromatic rings. The van der Waals surface area contributed by atoms with Crippen LogP contribution in [0.2, 0.25) is 0 Å². The summed E-state index contributed by atoms with van der Waals surface area (Å²) in [5, 5.41) is -6.86. The molecule has 0 N–H and O–H groups in total. The fourth-order valence-corrected chi connectivity index (χ4v) is 1.13. The molecule has 0 nitrogen and oxygen atoms in total. The molecule has 1 heterocycles. The van der Waals surface area contributed by atoms with E-state index < -0.39 is 33.9 Å². The Kier molecular flexibility index (Phi) is 1.66. The quantitative estimate of drug-likeness (QED) is 0.534. The van der Waals surface area contributed by atoms with E-state index in [1.54, 1.807) is 0 Å². The summed E-state index contributed by atoms with van der Waals surface area (Å²) in [5.41, 5.74) is 0. The Balaban J connectivity index is 3.08. The molecular weight excluding hydrogens is 194 g/mol. The lowest BCUT2D eigenvalue weighted by Gasteiger charge is -2.15. The van der Waals surface area contributed by atoms with Gasteiger partial charge >= 0.3 is 11.2 Å². The standard InChI is InChI=1S/C4F6S/c5-1-2(6)11-4(9,10)3(1,7)8. The zero-order valence-corrected chi connectivity index (χ0v) is 5.49. The minimum Gasteiger partial charge on any atom is -0.201 e. The Hall–Kier alpha value is -0.330. The molecule has 7 heteroatoms. The lowest BCUT2D eigenvalue weighted by Crippen LogP contribution is -2.33. The van der Waals surface area contributed by atoms with Crippen molar-refractivity contribution in [3.05, 3.63) is 11.0 Å². The maximum absolute atomic E-state index is 11.9. The zero-order chi connectivity index (χ0) is 8.86. The summed E-state index contributed by atoms with van der Waals surface area (Å²) in [6, 6.07) is 0. The van der Waals surface area contributed by atoms with Gasteiger partial charge in [0.05, 0.1) is 0 Å². The molecule has 0 aromatic heterocycles. The van der Waals surface area contributed by atoms with Gasteiger partial charge < -0.3 is 0 Å². The Morgan fingerprint density at radius 1 is 1.00 bits per heavy atom. The summed E-state index contributed by atoms with van der Waals surface area (Å²) in [7, 11) is 0. The summed E-state index contributed by atoms with van der Waals surface area (Å²) in [6.07, 6.45) is 0. The van der Waals surface area contributed by atoms with E-state index in [2.05, 4.69) is 0 Å². The van der Waals surface area contributed by atoms with Gasteiger partial charge in [-0.3, -0.25) is 0 Å². The minimum absolute atomic E-state index is 1.11. The van der Waals surface area contributed by atoms with Crippen LogP contribution in [-0.4, -0.2) is 11.2 Å². The molecule has 0 aliphatic carbocycles. The smallest absolute Gasteiger partial charge is 0.201 e. The number of hydrogen-bond acceptors (Lipinski definition) is 1. The second kappa shape index (κ2) is 2.09. The molecule has 0 bridgehead atoms. The molecule has 64 valence electrons. The van der Waals surface area contributed by atoms with Gasteiger partial charge in [-0.05, 0) is 11.8 Å². The number of rotatable bonds is 0. The SMILES string of the molecule is FC1=C(F)C(F)(F)C(F)(F)S1. The van der Waals surface area contributed by atoms with E-state index >= 15 is 0 Å². The van der Waals surface area contributed by atoms with Gasteiger partial charge in [0, 0.05) is 0 Å². The van der Waals surface area contributed by atoms with Crippen LogP contribution < -0.4 is 0 Å². The highest BCUT2D eigenvalue weighted by molar-refractivity contribution is 8.04. The summed E-state index contributed by atoms with van der Waals surface area (Å²) in [4.78, 5) is 0. The number of thioether (sulfide) groups is 1. The third kappa shape index (κ3) is 1.02. The van der Waals surface area contributed by atoms with E-state index in [0.717, 1.165) is 0 Å². The first kappa shape index (κ1) is 8.76. The van der Waals surface area contributed by atoms with Crippen LogP contribution in [0.25, 0.3) is 0 Å². The van der Waals surface area contributed by atoms with Crippen LogP contribution in [0.3, 0.4) is 0 Å². The van der Waals surface area contributed by atoms with Gasteiger partial charge in [0.15, 0.2) is 5.16 Å². The normalized spacial score (nSPS) is 27.8. The molecule has 1 aliphatic rings. The number of allylic oxidation sites excluding steroid dienone is 1. The van der Waals surface area contributed by atoms with Gasteiger partial charge in [-0.25, -0.2) is 4.39 Å². The van der Waals surface area contributed by atoms with Gasteiger partial charge in [-0.15, -0.1) is 0 Å². The maximum atomic E-state index is 11.9.